The predicted octanol–water partition coefficient (Wildman–Crippen LogP) is 4.78. The Morgan fingerprint density at radius 1 is 1.15 bits per heavy atom. The van der Waals surface area contributed by atoms with Gasteiger partial charge in [-0.05, 0) is 37.3 Å². The van der Waals surface area contributed by atoms with Crippen LogP contribution in [0.25, 0.3) is 10.9 Å². The Balaban J connectivity index is 1.94. The molecule has 1 fully saturated rings. The van der Waals surface area contributed by atoms with Crippen LogP contribution >= 0.6 is 0 Å². The maximum atomic E-state index is 4.62. The molecule has 2 heteroatoms. The van der Waals surface area contributed by atoms with E-state index in [0.717, 1.165) is 23.0 Å². The van der Waals surface area contributed by atoms with Gasteiger partial charge >= 0.3 is 0 Å². The van der Waals surface area contributed by atoms with E-state index in [1.54, 1.807) is 0 Å². The first-order valence-electron chi connectivity index (χ1n) is 7.78. The van der Waals surface area contributed by atoms with Gasteiger partial charge in [0, 0.05) is 22.8 Å². The lowest BCUT2D eigenvalue weighted by molar-refractivity contribution is 0.253. The second-order valence-corrected chi connectivity index (χ2v) is 6.35. The smallest absolute Gasteiger partial charge is 0.0725 e. The number of aryl methyl sites for hydroxylation is 1. The summed E-state index contributed by atoms with van der Waals surface area (Å²) in [5.41, 5.74) is 3.42. The summed E-state index contributed by atoms with van der Waals surface area (Å²) >= 11 is 0. The average Bonchev–Trinajstić information content (AvgIpc) is 2.43. The van der Waals surface area contributed by atoms with Crippen LogP contribution in [-0.2, 0) is 0 Å². The maximum absolute atomic E-state index is 4.62. The normalized spacial score (nSPS) is 26.6. The lowest BCUT2D eigenvalue weighted by Crippen LogP contribution is -2.35. The molecule has 20 heavy (non-hydrogen) atoms. The third-order valence-corrected chi connectivity index (χ3v) is 4.89. The number of aromatic nitrogens is 1. The van der Waals surface area contributed by atoms with E-state index < -0.39 is 0 Å². The molecule has 1 aliphatic rings. The van der Waals surface area contributed by atoms with Crippen LogP contribution in [0.5, 0.6) is 0 Å². The van der Waals surface area contributed by atoms with Gasteiger partial charge in [0.25, 0.3) is 0 Å². The van der Waals surface area contributed by atoms with Gasteiger partial charge in [0.2, 0.25) is 0 Å². The highest BCUT2D eigenvalue weighted by atomic mass is 14.9. The Labute approximate surface area is 121 Å². The zero-order chi connectivity index (χ0) is 14.1. The molecule has 1 heterocycles. The summed E-state index contributed by atoms with van der Waals surface area (Å²) in [5, 5.41) is 5.04. The number of hydrogen-bond acceptors (Lipinski definition) is 2. The van der Waals surface area contributed by atoms with Crippen molar-refractivity contribution < 1.29 is 0 Å². The van der Waals surface area contributed by atoms with Crippen molar-refractivity contribution >= 4 is 16.6 Å². The van der Waals surface area contributed by atoms with E-state index in [0.29, 0.717) is 6.04 Å². The number of nitrogens with zero attached hydrogens (tertiary/aromatic N) is 1. The predicted molar refractivity (Wildman–Crippen MR) is 86.1 cm³/mol. The molecule has 3 atom stereocenters. The van der Waals surface area contributed by atoms with Crippen molar-refractivity contribution in [3.63, 3.8) is 0 Å². The minimum absolute atomic E-state index is 0.587. The highest BCUT2D eigenvalue weighted by Gasteiger charge is 2.27. The van der Waals surface area contributed by atoms with Crippen LogP contribution in [0.1, 0.15) is 38.8 Å². The van der Waals surface area contributed by atoms with Gasteiger partial charge in [-0.25, -0.2) is 0 Å². The van der Waals surface area contributed by atoms with E-state index in [-0.39, 0.29) is 0 Å². The molecule has 2 nitrogen and oxygen atoms in total. The Hall–Kier alpha value is -1.57. The molecule has 0 saturated heterocycles. The fourth-order valence-corrected chi connectivity index (χ4v) is 3.41. The van der Waals surface area contributed by atoms with Crippen molar-refractivity contribution in [1.82, 2.24) is 4.98 Å². The zero-order valence-electron chi connectivity index (χ0n) is 12.7. The molecule has 106 valence electrons. The summed E-state index contributed by atoms with van der Waals surface area (Å²) in [7, 11) is 0. The van der Waals surface area contributed by atoms with Crippen molar-refractivity contribution in [2.24, 2.45) is 11.8 Å². The Morgan fingerprint density at radius 3 is 2.80 bits per heavy atom. The van der Waals surface area contributed by atoms with Gasteiger partial charge in [0.1, 0.15) is 0 Å². The van der Waals surface area contributed by atoms with Crippen molar-refractivity contribution in [2.45, 2.75) is 46.1 Å². The highest BCUT2D eigenvalue weighted by molar-refractivity contribution is 5.91. The highest BCUT2D eigenvalue weighted by Crippen LogP contribution is 2.33. The molecule has 1 aliphatic carbocycles. The minimum Gasteiger partial charge on any atom is -0.381 e. The molecule has 1 aromatic heterocycles. The zero-order valence-corrected chi connectivity index (χ0v) is 12.7. The summed E-state index contributed by atoms with van der Waals surface area (Å²) < 4.78 is 0. The van der Waals surface area contributed by atoms with Crippen LogP contribution in [0.4, 0.5) is 5.69 Å². The van der Waals surface area contributed by atoms with Gasteiger partial charge in [0.15, 0.2) is 0 Å². The van der Waals surface area contributed by atoms with Gasteiger partial charge in [-0.2, -0.15) is 0 Å². The van der Waals surface area contributed by atoms with Crippen LogP contribution in [-0.4, -0.2) is 11.0 Å². The molecule has 0 spiro atoms. The first kappa shape index (κ1) is 13.4. The summed E-state index contributed by atoms with van der Waals surface area (Å²) in [5.74, 6) is 1.55. The molecule has 3 rings (SSSR count). The number of anilines is 1. The molecule has 0 radical (unpaired) electrons. The third-order valence-electron chi connectivity index (χ3n) is 4.89. The van der Waals surface area contributed by atoms with Crippen molar-refractivity contribution in [3.05, 3.63) is 36.0 Å². The van der Waals surface area contributed by atoms with Crippen LogP contribution in [0.15, 0.2) is 30.3 Å². The molecule has 2 aromatic rings. The molecule has 1 N–H and O–H groups in total. The Bertz CT molecular complexity index is 605. The Morgan fingerprint density at radius 2 is 1.95 bits per heavy atom. The molecule has 0 aliphatic heterocycles. The van der Waals surface area contributed by atoms with Gasteiger partial charge in [-0.1, -0.05) is 44.9 Å². The van der Waals surface area contributed by atoms with E-state index in [1.807, 2.05) is 0 Å². The van der Waals surface area contributed by atoms with Crippen molar-refractivity contribution in [1.29, 1.82) is 0 Å². The van der Waals surface area contributed by atoms with Crippen LogP contribution in [0.2, 0.25) is 0 Å². The summed E-state index contributed by atoms with van der Waals surface area (Å²) in [6.07, 6.45) is 3.99. The Kier molecular flexibility index (Phi) is 3.64. The van der Waals surface area contributed by atoms with Gasteiger partial charge in [-0.15, -0.1) is 0 Å². The number of fused-ring (bicyclic) bond motifs is 1. The van der Waals surface area contributed by atoms with Gasteiger partial charge < -0.3 is 5.32 Å². The van der Waals surface area contributed by atoms with Crippen LogP contribution in [0, 0.1) is 18.8 Å². The summed E-state index contributed by atoms with van der Waals surface area (Å²) in [4.78, 5) is 4.62. The van der Waals surface area contributed by atoms with Gasteiger partial charge in [0.05, 0.1) is 5.52 Å². The first-order valence-corrected chi connectivity index (χ1v) is 7.78. The van der Waals surface area contributed by atoms with Crippen molar-refractivity contribution in [2.75, 3.05) is 5.32 Å². The van der Waals surface area contributed by atoms with Crippen molar-refractivity contribution in [3.8, 4) is 0 Å². The summed E-state index contributed by atoms with van der Waals surface area (Å²) in [6, 6.07) is 11.2. The van der Waals surface area contributed by atoms with Crippen LogP contribution < -0.4 is 5.32 Å². The minimum atomic E-state index is 0.587. The second kappa shape index (κ2) is 5.43. The number of benzene rings is 1. The topological polar surface area (TPSA) is 24.9 Å². The largest absolute Gasteiger partial charge is 0.381 e. The quantitative estimate of drug-likeness (QED) is 0.847. The molecule has 0 amide bonds. The first-order chi connectivity index (χ1) is 9.65. The molecule has 1 saturated carbocycles. The van der Waals surface area contributed by atoms with E-state index in [2.05, 4.69) is 61.4 Å². The molecular weight excluding hydrogens is 244 g/mol. The fourth-order valence-electron chi connectivity index (χ4n) is 3.41. The average molecular weight is 268 g/mol. The third kappa shape index (κ3) is 2.52. The monoisotopic (exact) mass is 268 g/mol. The lowest BCUT2D eigenvalue weighted by atomic mass is 9.78. The van der Waals surface area contributed by atoms with E-state index >= 15 is 0 Å². The second-order valence-electron chi connectivity index (χ2n) is 6.35. The van der Waals surface area contributed by atoms with E-state index in [4.69, 9.17) is 0 Å². The SMILES string of the molecule is Cc1cc(NC2CCCC(C)C2C)c2ccccc2n1. The lowest BCUT2D eigenvalue weighted by Gasteiger charge is -2.35. The molecule has 3 unspecified atom stereocenters. The number of nitrogens with one attached hydrogen (secondary N) is 1. The number of hydrogen-bond donors (Lipinski definition) is 1. The van der Waals surface area contributed by atoms with E-state index in [9.17, 15) is 0 Å². The fraction of sp³-hybridized carbons (Fsp3) is 0.500. The maximum Gasteiger partial charge on any atom is 0.0725 e. The molecular formula is C18H24N2. The number of pyridine rings is 1. The standard InChI is InChI=1S/C18H24N2/c1-12-7-6-10-16(14(12)3)20-18-11-13(2)19-17-9-5-4-8-15(17)18/h4-5,8-9,11-12,14,16H,6-7,10H2,1-3H3,(H,19,20). The van der Waals surface area contributed by atoms with E-state index in [1.165, 1.54) is 30.3 Å². The number of rotatable bonds is 2. The van der Waals surface area contributed by atoms with Crippen LogP contribution in [0.3, 0.4) is 0 Å². The van der Waals surface area contributed by atoms with Gasteiger partial charge in [-0.3, -0.25) is 4.98 Å². The molecule has 0 bridgehead atoms. The molecule has 1 aromatic carbocycles. The number of para-hydroxylation sites is 1. The summed E-state index contributed by atoms with van der Waals surface area (Å²) in [6.45, 7) is 6.84.